The lowest BCUT2D eigenvalue weighted by molar-refractivity contribution is -0.332. The van der Waals surface area contributed by atoms with Crippen molar-refractivity contribution in [2.24, 2.45) is 0 Å². The molecule has 7 N–H and O–H groups in total. The maximum atomic E-state index is 12.9. The van der Waals surface area contributed by atoms with Crippen molar-refractivity contribution in [2.75, 3.05) is 26.4 Å². The highest BCUT2D eigenvalue weighted by atomic mass is 16.7. The van der Waals surface area contributed by atoms with Gasteiger partial charge in [0.1, 0.15) is 55.4 Å². The minimum Gasteiger partial charge on any atom is -0.462 e. The van der Waals surface area contributed by atoms with Crippen molar-refractivity contribution in [1.29, 1.82) is 0 Å². The van der Waals surface area contributed by atoms with Crippen molar-refractivity contribution < 1.29 is 73.8 Å². The fraction of sp³-hybridized carbons (Fsp3) is 0.800. The van der Waals surface area contributed by atoms with Crippen molar-refractivity contribution >= 4 is 11.9 Å². The Labute approximate surface area is 388 Å². The van der Waals surface area contributed by atoms with E-state index in [1.54, 1.807) is 0 Å². The first kappa shape index (κ1) is 58.6. The Balaban J connectivity index is 1.84. The molecule has 0 aromatic rings. The van der Waals surface area contributed by atoms with Gasteiger partial charge in [-0.1, -0.05) is 127 Å². The molecule has 65 heavy (non-hydrogen) atoms. The second kappa shape index (κ2) is 37.4. The van der Waals surface area contributed by atoms with Gasteiger partial charge in [-0.2, -0.15) is 0 Å². The van der Waals surface area contributed by atoms with Crippen LogP contribution in [-0.4, -0.2) is 142 Å². The van der Waals surface area contributed by atoms with Crippen molar-refractivity contribution in [3.63, 3.8) is 0 Å². The first-order valence-electron chi connectivity index (χ1n) is 24.7. The van der Waals surface area contributed by atoms with Gasteiger partial charge in [0.05, 0.1) is 19.8 Å². The number of rotatable bonds is 37. The maximum Gasteiger partial charge on any atom is 0.306 e. The van der Waals surface area contributed by atoms with E-state index in [9.17, 15) is 45.3 Å². The third kappa shape index (κ3) is 26.0. The van der Waals surface area contributed by atoms with Crippen LogP contribution in [-0.2, 0) is 38.0 Å². The van der Waals surface area contributed by atoms with E-state index < -0.39 is 99.3 Å². The molecule has 2 saturated heterocycles. The number of hydrogen-bond acceptors (Lipinski definition) is 15. The van der Waals surface area contributed by atoms with E-state index in [0.29, 0.717) is 12.8 Å². The van der Waals surface area contributed by atoms with Crippen LogP contribution >= 0.6 is 0 Å². The normalized spacial score (nSPS) is 26.8. The highest BCUT2D eigenvalue weighted by Crippen LogP contribution is 2.26. The zero-order valence-electron chi connectivity index (χ0n) is 39.5. The topological polar surface area (TPSA) is 231 Å². The van der Waals surface area contributed by atoms with Gasteiger partial charge in [0.25, 0.3) is 0 Å². The third-order valence-corrected chi connectivity index (χ3v) is 11.5. The summed E-state index contributed by atoms with van der Waals surface area (Å²) in [5, 5.41) is 72.0. The molecule has 0 amide bonds. The van der Waals surface area contributed by atoms with Crippen LogP contribution < -0.4 is 0 Å². The molecule has 2 heterocycles. The summed E-state index contributed by atoms with van der Waals surface area (Å²) < 4.78 is 33.5. The average Bonchev–Trinajstić information content (AvgIpc) is 3.30. The molecule has 0 saturated carbocycles. The quantitative estimate of drug-likeness (QED) is 0.0205. The van der Waals surface area contributed by atoms with E-state index in [1.165, 1.54) is 44.9 Å². The highest BCUT2D eigenvalue weighted by Gasteiger charge is 2.47. The van der Waals surface area contributed by atoms with Crippen molar-refractivity contribution in [1.82, 2.24) is 0 Å². The molecule has 11 atom stereocenters. The number of esters is 2. The Morgan fingerprint density at radius 3 is 1.55 bits per heavy atom. The minimum absolute atomic E-state index is 0.127. The van der Waals surface area contributed by atoms with Crippen molar-refractivity contribution in [3.05, 3.63) is 48.6 Å². The van der Waals surface area contributed by atoms with Gasteiger partial charge in [0.2, 0.25) is 0 Å². The predicted molar refractivity (Wildman–Crippen MR) is 247 cm³/mol. The smallest absolute Gasteiger partial charge is 0.306 e. The summed E-state index contributed by atoms with van der Waals surface area (Å²) >= 11 is 0. The van der Waals surface area contributed by atoms with Gasteiger partial charge < -0.3 is 64.2 Å². The number of carbonyl (C=O) groups is 2. The summed E-state index contributed by atoms with van der Waals surface area (Å²) in [4.78, 5) is 25.7. The van der Waals surface area contributed by atoms with Gasteiger partial charge in [-0.05, 0) is 70.6 Å². The summed E-state index contributed by atoms with van der Waals surface area (Å²) in [5.41, 5.74) is 0. The van der Waals surface area contributed by atoms with Gasteiger partial charge in [-0.3, -0.25) is 9.59 Å². The van der Waals surface area contributed by atoms with E-state index >= 15 is 0 Å². The number of ether oxygens (including phenoxy) is 6. The first-order valence-corrected chi connectivity index (χ1v) is 24.7. The summed E-state index contributed by atoms with van der Waals surface area (Å²) in [6.07, 6.45) is 22.9. The number of aliphatic hydroxyl groups excluding tert-OH is 7. The zero-order valence-corrected chi connectivity index (χ0v) is 39.5. The molecule has 2 aliphatic heterocycles. The summed E-state index contributed by atoms with van der Waals surface area (Å²) in [6.45, 7) is 2.42. The monoisotopic (exact) mass is 927 g/mol. The zero-order chi connectivity index (χ0) is 47.5. The summed E-state index contributed by atoms with van der Waals surface area (Å²) in [7, 11) is 0. The van der Waals surface area contributed by atoms with Crippen LogP contribution in [0, 0.1) is 0 Å². The molecule has 2 aliphatic rings. The molecular weight excluding hydrogens is 841 g/mol. The molecule has 0 radical (unpaired) electrons. The van der Waals surface area contributed by atoms with Crippen LogP contribution in [0.3, 0.4) is 0 Å². The van der Waals surface area contributed by atoms with Crippen molar-refractivity contribution in [2.45, 2.75) is 229 Å². The van der Waals surface area contributed by atoms with E-state index in [-0.39, 0.29) is 19.4 Å². The van der Waals surface area contributed by atoms with Crippen molar-refractivity contribution in [3.8, 4) is 0 Å². The van der Waals surface area contributed by atoms with E-state index in [2.05, 4.69) is 62.5 Å². The molecule has 11 unspecified atom stereocenters. The van der Waals surface area contributed by atoms with Gasteiger partial charge in [0, 0.05) is 12.8 Å². The van der Waals surface area contributed by atoms with Gasteiger partial charge in [-0.15, -0.1) is 0 Å². The van der Waals surface area contributed by atoms with Gasteiger partial charge >= 0.3 is 11.9 Å². The third-order valence-electron chi connectivity index (χ3n) is 11.5. The number of carbonyl (C=O) groups excluding carboxylic acids is 2. The van der Waals surface area contributed by atoms with Crippen LogP contribution in [0.25, 0.3) is 0 Å². The van der Waals surface area contributed by atoms with E-state index in [4.69, 9.17) is 28.4 Å². The number of hydrogen-bond donors (Lipinski definition) is 7. The summed E-state index contributed by atoms with van der Waals surface area (Å²) in [6, 6.07) is 0. The Hall–Kier alpha value is -2.54. The maximum absolute atomic E-state index is 12.9. The van der Waals surface area contributed by atoms with Gasteiger partial charge in [-0.25, -0.2) is 0 Å². The molecular formula is C50H86O15. The molecule has 0 bridgehead atoms. The van der Waals surface area contributed by atoms with Crippen LogP contribution in [0.5, 0.6) is 0 Å². The second-order valence-corrected chi connectivity index (χ2v) is 17.3. The summed E-state index contributed by atoms with van der Waals surface area (Å²) in [5.74, 6) is -0.972. The molecule has 0 spiro atoms. The number of aliphatic hydroxyl groups is 7. The average molecular weight is 927 g/mol. The fourth-order valence-electron chi connectivity index (χ4n) is 7.46. The molecule has 2 fully saturated rings. The van der Waals surface area contributed by atoms with Crippen LogP contribution in [0.15, 0.2) is 48.6 Å². The molecule has 15 heteroatoms. The number of unbranched alkanes of at least 4 members (excludes halogenated alkanes) is 15. The fourth-order valence-corrected chi connectivity index (χ4v) is 7.46. The second-order valence-electron chi connectivity index (χ2n) is 17.3. The van der Waals surface area contributed by atoms with Crippen LogP contribution in [0.2, 0.25) is 0 Å². The largest absolute Gasteiger partial charge is 0.462 e. The molecule has 2 rings (SSSR count). The standard InChI is InChI=1S/C50H86O15/c1-3-5-7-9-11-13-15-17-18-19-21-22-24-26-28-30-32-41(52)60-35-38(63-42(53)33-31-29-27-25-23-20-16-14-12-10-8-6-4-2)36-61-49-48(59)46(57)44(55)40(65-49)37-62-50-47(58)45(56)43(54)39(34-51)64-50/h6,8,12,14,18-20,23,38-40,43-51,54-59H,3-5,7,9-11,13,15-17,21-22,24-37H2,1-2H3/b8-6-,14-12-,19-18-,23-20-. The van der Waals surface area contributed by atoms with E-state index in [1.807, 2.05) is 0 Å². The van der Waals surface area contributed by atoms with Crippen LogP contribution in [0.4, 0.5) is 0 Å². The van der Waals surface area contributed by atoms with E-state index in [0.717, 1.165) is 77.0 Å². The Morgan fingerprint density at radius 2 is 0.969 bits per heavy atom. The predicted octanol–water partition coefficient (Wildman–Crippen LogP) is 6.32. The van der Waals surface area contributed by atoms with Crippen LogP contribution in [0.1, 0.15) is 162 Å². The lowest BCUT2D eigenvalue weighted by Gasteiger charge is -2.42. The number of allylic oxidation sites excluding steroid dienone is 8. The minimum atomic E-state index is -1.77. The molecule has 15 nitrogen and oxygen atoms in total. The molecule has 0 aromatic heterocycles. The Kier molecular flexibility index (Phi) is 33.7. The molecule has 0 aliphatic carbocycles. The Bertz CT molecular complexity index is 1320. The lowest BCUT2D eigenvalue weighted by atomic mass is 9.98. The molecule has 376 valence electrons. The lowest BCUT2D eigenvalue weighted by Crippen LogP contribution is -2.61. The molecule has 0 aromatic carbocycles. The van der Waals surface area contributed by atoms with Gasteiger partial charge in [0.15, 0.2) is 18.7 Å². The highest BCUT2D eigenvalue weighted by molar-refractivity contribution is 5.70. The Morgan fingerprint density at radius 1 is 0.508 bits per heavy atom. The SMILES string of the molecule is CC/C=C\C/C=C\C/C=C\CCCCCC(=O)OC(COC(=O)CCCCCCC/C=C\CCCCCCCCC)COC1OC(COC2OC(CO)C(O)C(O)C2O)C(O)C(O)C1O. The first-order chi connectivity index (χ1) is 31.5.